The molecule has 0 bridgehead atoms. The van der Waals surface area contributed by atoms with E-state index in [2.05, 4.69) is 0 Å². The summed E-state index contributed by atoms with van der Waals surface area (Å²) in [6.07, 6.45) is 0.152. The van der Waals surface area contributed by atoms with Crippen molar-refractivity contribution in [2.24, 2.45) is 5.92 Å². The number of aliphatic hydroxyl groups excluding tert-OH is 1. The van der Waals surface area contributed by atoms with Gasteiger partial charge in [-0.1, -0.05) is 13.8 Å². The molecule has 0 heterocycles. The Bertz CT molecular complexity index is 487. The minimum absolute atomic E-state index is 0.0668. The van der Waals surface area contributed by atoms with Gasteiger partial charge in [-0.15, -0.1) is 0 Å². The van der Waals surface area contributed by atoms with Crippen LogP contribution in [0.5, 0.6) is 0 Å². The summed E-state index contributed by atoms with van der Waals surface area (Å²) in [5.74, 6) is 0.0668. The molecule has 0 spiro atoms. The first-order valence-corrected chi connectivity index (χ1v) is 5.92. The van der Waals surface area contributed by atoms with E-state index in [0.717, 1.165) is 6.07 Å². The van der Waals surface area contributed by atoms with Crippen LogP contribution >= 0.6 is 0 Å². The summed E-state index contributed by atoms with van der Waals surface area (Å²) in [5, 5.41) is 31.2. The molecule has 0 aliphatic rings. The van der Waals surface area contributed by atoms with Gasteiger partial charge in [0.25, 0.3) is 11.4 Å². The number of hydrogen-bond acceptors (Lipinski definition) is 5. The third-order valence-corrected chi connectivity index (χ3v) is 2.96. The molecule has 0 aliphatic carbocycles. The predicted molar refractivity (Wildman–Crippen MR) is 68.9 cm³/mol. The normalized spacial score (nSPS) is 12.4. The summed E-state index contributed by atoms with van der Waals surface area (Å²) in [6, 6.07) is 3.57. The van der Waals surface area contributed by atoms with Gasteiger partial charge < -0.3 is 5.11 Å². The first kappa shape index (κ1) is 15.0. The van der Waals surface area contributed by atoms with Crippen molar-refractivity contribution < 1.29 is 15.0 Å². The number of benzene rings is 1. The van der Waals surface area contributed by atoms with E-state index in [0.29, 0.717) is 18.4 Å². The van der Waals surface area contributed by atoms with Gasteiger partial charge in [0.15, 0.2) is 0 Å². The molecule has 0 aliphatic heterocycles. The zero-order valence-corrected chi connectivity index (χ0v) is 10.8. The Morgan fingerprint density at radius 2 is 1.84 bits per heavy atom. The monoisotopic (exact) mass is 268 g/mol. The van der Waals surface area contributed by atoms with E-state index < -0.39 is 16.0 Å². The molecule has 0 aromatic heterocycles. The molecule has 1 aromatic rings. The van der Waals surface area contributed by atoms with Gasteiger partial charge in [0.2, 0.25) is 0 Å². The molecule has 7 nitrogen and oxygen atoms in total. The van der Waals surface area contributed by atoms with Crippen LogP contribution in [0.25, 0.3) is 0 Å². The van der Waals surface area contributed by atoms with Gasteiger partial charge in [-0.3, -0.25) is 20.2 Å². The van der Waals surface area contributed by atoms with Crippen molar-refractivity contribution in [3.63, 3.8) is 0 Å². The number of nitro groups is 2. The maximum absolute atomic E-state index is 10.9. The molecule has 1 atom stereocenters. The van der Waals surface area contributed by atoms with E-state index in [1.54, 1.807) is 0 Å². The number of aryl methyl sites for hydroxylation is 1. The van der Waals surface area contributed by atoms with Gasteiger partial charge in [0.1, 0.15) is 0 Å². The molecule has 104 valence electrons. The first-order chi connectivity index (χ1) is 8.82. The summed E-state index contributed by atoms with van der Waals surface area (Å²) in [7, 11) is 0. The molecule has 1 unspecified atom stereocenters. The van der Waals surface area contributed by atoms with Crippen molar-refractivity contribution in [3.8, 4) is 0 Å². The highest BCUT2D eigenvalue weighted by Gasteiger charge is 2.20. The van der Waals surface area contributed by atoms with Crippen molar-refractivity contribution in [2.75, 3.05) is 0 Å². The SMILES string of the molecule is CC(C)C(O)CCc1ccc([N+](=O)[O-])cc1[N+](=O)[O-]. The summed E-state index contributed by atoms with van der Waals surface area (Å²) in [5.41, 5.74) is -0.180. The highest BCUT2D eigenvalue weighted by Crippen LogP contribution is 2.26. The standard InChI is InChI=1S/C12H16N2O5/c1-8(2)12(15)6-4-9-3-5-10(13(16)17)7-11(9)14(18)19/h3,5,7-8,12,15H,4,6H2,1-2H3. The number of rotatable bonds is 6. The fraction of sp³-hybridized carbons (Fsp3) is 0.500. The lowest BCUT2D eigenvalue weighted by Gasteiger charge is -2.13. The van der Waals surface area contributed by atoms with Crippen molar-refractivity contribution in [3.05, 3.63) is 44.0 Å². The largest absolute Gasteiger partial charge is 0.393 e. The molecule has 0 fully saturated rings. The van der Waals surface area contributed by atoms with Crippen LogP contribution in [-0.2, 0) is 6.42 Å². The Morgan fingerprint density at radius 3 is 2.32 bits per heavy atom. The van der Waals surface area contributed by atoms with Crippen molar-refractivity contribution in [1.29, 1.82) is 0 Å². The van der Waals surface area contributed by atoms with Crippen molar-refractivity contribution in [2.45, 2.75) is 32.8 Å². The Balaban J connectivity index is 2.94. The number of nitro benzene ring substituents is 2. The summed E-state index contributed by atoms with van der Waals surface area (Å²) in [4.78, 5) is 20.2. The van der Waals surface area contributed by atoms with E-state index in [4.69, 9.17) is 0 Å². The zero-order chi connectivity index (χ0) is 14.6. The number of hydrogen-bond donors (Lipinski definition) is 1. The van der Waals surface area contributed by atoms with E-state index in [-0.39, 0.29) is 17.3 Å². The summed E-state index contributed by atoms with van der Waals surface area (Å²) < 4.78 is 0. The van der Waals surface area contributed by atoms with Gasteiger partial charge in [-0.05, 0) is 24.8 Å². The van der Waals surface area contributed by atoms with Crippen LogP contribution in [-0.4, -0.2) is 21.1 Å². The highest BCUT2D eigenvalue weighted by atomic mass is 16.6. The second-order valence-electron chi connectivity index (χ2n) is 4.68. The van der Waals surface area contributed by atoms with E-state index in [1.165, 1.54) is 12.1 Å². The lowest BCUT2D eigenvalue weighted by atomic mass is 9.98. The molecule has 1 rings (SSSR count). The molecular formula is C12H16N2O5. The minimum Gasteiger partial charge on any atom is -0.393 e. The molecule has 7 heteroatoms. The second-order valence-corrected chi connectivity index (χ2v) is 4.68. The van der Waals surface area contributed by atoms with Gasteiger partial charge in [0, 0.05) is 11.6 Å². The fourth-order valence-electron chi connectivity index (χ4n) is 1.68. The first-order valence-electron chi connectivity index (χ1n) is 5.92. The molecule has 0 radical (unpaired) electrons. The highest BCUT2D eigenvalue weighted by molar-refractivity contribution is 5.49. The van der Waals surface area contributed by atoms with Crippen molar-refractivity contribution in [1.82, 2.24) is 0 Å². The third-order valence-electron chi connectivity index (χ3n) is 2.96. The molecule has 0 amide bonds. The second kappa shape index (κ2) is 6.24. The van der Waals surface area contributed by atoms with Gasteiger partial charge >= 0.3 is 0 Å². The van der Waals surface area contributed by atoms with Crippen LogP contribution in [0.2, 0.25) is 0 Å². The maximum Gasteiger partial charge on any atom is 0.279 e. The molecule has 1 N–H and O–H groups in total. The third kappa shape index (κ3) is 3.99. The molecule has 0 saturated heterocycles. The number of aliphatic hydroxyl groups is 1. The Morgan fingerprint density at radius 1 is 1.21 bits per heavy atom. The fourth-order valence-corrected chi connectivity index (χ4v) is 1.68. The predicted octanol–water partition coefficient (Wildman–Crippen LogP) is 2.45. The van der Waals surface area contributed by atoms with Crippen LogP contribution in [0.4, 0.5) is 11.4 Å². The van der Waals surface area contributed by atoms with E-state index >= 15 is 0 Å². The Labute approximate surface area is 110 Å². The zero-order valence-electron chi connectivity index (χ0n) is 10.8. The lowest BCUT2D eigenvalue weighted by molar-refractivity contribution is -0.394. The van der Waals surface area contributed by atoms with Crippen LogP contribution in [0.1, 0.15) is 25.8 Å². The lowest BCUT2D eigenvalue weighted by Crippen LogP contribution is -2.15. The van der Waals surface area contributed by atoms with Crippen LogP contribution in [0.3, 0.4) is 0 Å². The number of nitrogens with zero attached hydrogens (tertiary/aromatic N) is 2. The minimum atomic E-state index is -0.667. The van der Waals surface area contributed by atoms with Gasteiger partial charge in [0.05, 0.1) is 22.0 Å². The molecular weight excluding hydrogens is 252 g/mol. The van der Waals surface area contributed by atoms with Crippen LogP contribution in [0.15, 0.2) is 18.2 Å². The van der Waals surface area contributed by atoms with Gasteiger partial charge in [-0.25, -0.2) is 0 Å². The Kier molecular flexibility index (Phi) is 4.94. The summed E-state index contributed by atoms with van der Waals surface area (Å²) in [6.45, 7) is 3.71. The smallest absolute Gasteiger partial charge is 0.279 e. The quantitative estimate of drug-likeness (QED) is 0.629. The van der Waals surface area contributed by atoms with Gasteiger partial charge in [-0.2, -0.15) is 0 Å². The van der Waals surface area contributed by atoms with E-state index in [1.807, 2.05) is 13.8 Å². The van der Waals surface area contributed by atoms with Crippen molar-refractivity contribution >= 4 is 11.4 Å². The van der Waals surface area contributed by atoms with Crippen LogP contribution in [0, 0.1) is 26.1 Å². The Hall–Kier alpha value is -2.02. The molecule has 19 heavy (non-hydrogen) atoms. The average Bonchev–Trinajstić information content (AvgIpc) is 2.35. The molecule has 0 saturated carbocycles. The summed E-state index contributed by atoms with van der Waals surface area (Å²) >= 11 is 0. The topological polar surface area (TPSA) is 107 Å². The van der Waals surface area contributed by atoms with E-state index in [9.17, 15) is 25.3 Å². The average molecular weight is 268 g/mol. The van der Waals surface area contributed by atoms with Crippen LogP contribution < -0.4 is 0 Å². The number of non-ortho nitro benzene ring substituents is 1. The molecule has 1 aromatic carbocycles. The maximum atomic E-state index is 10.9.